The van der Waals surface area contributed by atoms with Crippen LogP contribution in [-0.2, 0) is 0 Å². The number of nitrogens with zero attached hydrogens (tertiary/aromatic N) is 4. The van der Waals surface area contributed by atoms with E-state index in [1.165, 1.54) is 167 Å². The minimum Gasteiger partial charge on any atom is -0.312 e. The average Bonchev–Trinajstić information content (AvgIpc) is 0.652. The van der Waals surface area contributed by atoms with E-state index in [0.717, 1.165) is 5.69 Å². The molecule has 0 fully saturated rings. The highest BCUT2D eigenvalue weighted by atomic mass is 15.2. The van der Waals surface area contributed by atoms with E-state index >= 15 is 0 Å². The molecule has 4 nitrogen and oxygen atoms in total. The Morgan fingerprint density at radius 3 is 0.966 bits per heavy atom. The zero-order valence-electron chi connectivity index (χ0n) is 51.0. The van der Waals surface area contributed by atoms with E-state index in [-0.39, 0.29) is 26.9 Å². The molecule has 0 saturated heterocycles. The van der Waals surface area contributed by atoms with Gasteiger partial charge >= 0.3 is 0 Å². The van der Waals surface area contributed by atoms with Crippen molar-refractivity contribution in [3.8, 4) is 22.3 Å². The van der Waals surface area contributed by atoms with Crippen LogP contribution in [0.2, 0.25) is 0 Å². The normalized spacial score (nSPS) is 14.3. The van der Waals surface area contributed by atoms with E-state index in [0.29, 0.717) is 17.8 Å². The van der Waals surface area contributed by atoms with Gasteiger partial charge in [0.25, 0.3) is 20.1 Å². The first-order valence-corrected chi connectivity index (χ1v) is 32.3. The summed E-state index contributed by atoms with van der Waals surface area (Å²) in [5.41, 5.74) is 40.8. The molecular weight excluding hydrogens is 1070 g/mol. The molecule has 8 heteroatoms. The Morgan fingerprint density at radius 1 is 0.236 bits per heavy atom. The second-order valence-electron chi connectivity index (χ2n) is 26.8. The molecule has 0 unspecified atom stereocenters. The van der Waals surface area contributed by atoms with Gasteiger partial charge < -0.3 is 19.6 Å². The maximum atomic E-state index is 2.77. The molecule has 0 saturated carbocycles. The molecule has 19 rings (SSSR count). The molecule has 7 heterocycles. The van der Waals surface area contributed by atoms with Crippen molar-refractivity contribution in [3.63, 3.8) is 0 Å². The van der Waals surface area contributed by atoms with Gasteiger partial charge in [-0.25, -0.2) is 0 Å². The van der Waals surface area contributed by atoms with Crippen molar-refractivity contribution in [2.75, 3.05) is 19.6 Å². The summed E-state index contributed by atoms with van der Waals surface area (Å²) in [4.78, 5) is 10.8. The molecule has 7 aliphatic heterocycles. The molecule has 0 radical (unpaired) electrons. The highest BCUT2D eigenvalue weighted by Gasteiger charge is 2.58. The summed E-state index contributed by atoms with van der Waals surface area (Å²) >= 11 is 0. The predicted octanol–water partition coefficient (Wildman–Crippen LogP) is 12.5. The Bertz CT molecular complexity index is 4980. The molecule has 89 heavy (non-hydrogen) atoms. The molecule has 0 bridgehead atoms. The van der Waals surface area contributed by atoms with Crippen molar-refractivity contribution >= 4 is 161 Å². The van der Waals surface area contributed by atoms with E-state index in [1.54, 1.807) is 0 Å². The van der Waals surface area contributed by atoms with Crippen LogP contribution in [0.25, 0.3) is 22.3 Å². The third-order valence-electron chi connectivity index (χ3n) is 21.2. The second kappa shape index (κ2) is 18.8. The summed E-state index contributed by atoms with van der Waals surface area (Å²) in [5, 5.41) is 0. The van der Waals surface area contributed by atoms with E-state index < -0.39 is 0 Å². The molecule has 7 aliphatic rings. The molecule has 0 aliphatic carbocycles. The van der Waals surface area contributed by atoms with Crippen LogP contribution in [0.3, 0.4) is 0 Å². The number of fused-ring (bicyclic) bond motifs is 20. The van der Waals surface area contributed by atoms with Crippen molar-refractivity contribution in [2.24, 2.45) is 0 Å². The summed E-state index contributed by atoms with van der Waals surface area (Å²) < 4.78 is 0. The fourth-order valence-corrected chi connectivity index (χ4v) is 17.5. The smallest absolute Gasteiger partial charge is 0.252 e. The largest absolute Gasteiger partial charge is 0.312 e. The zero-order chi connectivity index (χ0) is 59.2. The Labute approximate surface area is 524 Å². The number of benzene rings is 12. The number of anilines is 12. The highest BCUT2D eigenvalue weighted by Crippen LogP contribution is 2.53. The standard InChI is InChI=1S/C81H62B4N4/c1-48(2)55-42-57(49(3)4)75(58(43-55)50(5)6)82-59-30-16-20-34-67(59)86(56-28-14-9-15-29-56)73-47-74-66(46-65(73)82)85-61-32-18-22-36-69(61)87-68-35-21-17-31-60(68)83-63-44-53(51-24-10-7-11-25-51)38-40-71(63)88-72-41-39-54(52-26-12-8-13-27-52)45-64(72)84-62-33-19-23-37-70(62)89(74)81-77(84)80(88)76(83)79(87)78(81)85/h7-50H,1-6H3. The first-order valence-electron chi connectivity index (χ1n) is 32.3. The maximum Gasteiger partial charge on any atom is 0.252 e. The lowest BCUT2D eigenvalue weighted by molar-refractivity contribution is 0.812. The Hall–Kier alpha value is -9.90. The van der Waals surface area contributed by atoms with Crippen LogP contribution in [0.15, 0.2) is 249 Å². The van der Waals surface area contributed by atoms with Crippen molar-refractivity contribution < 1.29 is 0 Å². The van der Waals surface area contributed by atoms with Crippen LogP contribution in [0, 0.1) is 0 Å². The molecule has 12 aromatic rings. The van der Waals surface area contributed by atoms with Crippen molar-refractivity contribution in [2.45, 2.75) is 59.3 Å². The maximum absolute atomic E-state index is 2.77. The van der Waals surface area contributed by atoms with E-state index in [9.17, 15) is 0 Å². The quantitative estimate of drug-likeness (QED) is 0.147. The average molecular weight is 1130 g/mol. The van der Waals surface area contributed by atoms with E-state index in [1.807, 2.05) is 0 Å². The Balaban J connectivity index is 0.980. The monoisotopic (exact) mass is 1130 g/mol. The molecule has 418 valence electrons. The number of para-hydroxylation sites is 5. The van der Waals surface area contributed by atoms with Crippen LogP contribution in [0.5, 0.6) is 0 Å². The third-order valence-corrected chi connectivity index (χ3v) is 21.2. The lowest BCUT2D eigenvalue weighted by atomic mass is 9.24. The minimum absolute atomic E-state index is 0.0456. The van der Waals surface area contributed by atoms with Crippen molar-refractivity contribution in [1.82, 2.24) is 0 Å². The molecule has 0 atom stereocenters. The van der Waals surface area contributed by atoms with Gasteiger partial charge in [-0.15, -0.1) is 0 Å². The van der Waals surface area contributed by atoms with Gasteiger partial charge in [-0.05, 0) is 171 Å². The topological polar surface area (TPSA) is 13.0 Å². The summed E-state index contributed by atoms with van der Waals surface area (Å²) in [6.07, 6.45) is 0. The molecule has 0 aromatic heterocycles. The lowest BCUT2D eigenvalue weighted by Crippen LogP contribution is -2.75. The van der Waals surface area contributed by atoms with Crippen LogP contribution < -0.4 is 85.2 Å². The van der Waals surface area contributed by atoms with Gasteiger partial charge in [0.15, 0.2) is 0 Å². The number of hydrogen-bond acceptors (Lipinski definition) is 4. The summed E-state index contributed by atoms with van der Waals surface area (Å²) in [6, 6.07) is 96.3. The second-order valence-corrected chi connectivity index (χ2v) is 26.8. The van der Waals surface area contributed by atoms with Gasteiger partial charge in [-0.1, -0.05) is 241 Å². The first kappa shape index (κ1) is 51.2. The number of hydrogen-bond donors (Lipinski definition) is 0. The van der Waals surface area contributed by atoms with Gasteiger partial charge in [0.05, 0.1) is 0 Å². The minimum atomic E-state index is -0.106. The van der Waals surface area contributed by atoms with Crippen LogP contribution in [0.1, 0.15) is 76.0 Å². The zero-order valence-corrected chi connectivity index (χ0v) is 51.0. The van der Waals surface area contributed by atoms with Gasteiger partial charge in [0, 0.05) is 68.2 Å². The van der Waals surface area contributed by atoms with E-state index in [2.05, 4.69) is 310 Å². The molecule has 0 spiro atoms. The summed E-state index contributed by atoms with van der Waals surface area (Å²) in [6.45, 7) is 14.1. The van der Waals surface area contributed by atoms with Gasteiger partial charge in [-0.3, -0.25) is 0 Å². The molecular formula is C81H62B4N4. The van der Waals surface area contributed by atoms with E-state index in [4.69, 9.17) is 0 Å². The molecule has 0 amide bonds. The molecule has 0 N–H and O–H groups in total. The van der Waals surface area contributed by atoms with Gasteiger partial charge in [-0.2, -0.15) is 0 Å². The Morgan fingerprint density at radius 2 is 0.562 bits per heavy atom. The fraction of sp³-hybridized carbons (Fsp3) is 0.111. The van der Waals surface area contributed by atoms with Crippen molar-refractivity contribution in [3.05, 3.63) is 265 Å². The van der Waals surface area contributed by atoms with Crippen LogP contribution in [0.4, 0.5) is 68.2 Å². The Kier molecular flexibility index (Phi) is 10.8. The van der Waals surface area contributed by atoms with Crippen molar-refractivity contribution in [1.29, 1.82) is 0 Å². The summed E-state index contributed by atoms with van der Waals surface area (Å²) in [5.74, 6) is 1.01. The predicted molar refractivity (Wildman–Crippen MR) is 383 cm³/mol. The van der Waals surface area contributed by atoms with Gasteiger partial charge in [0.1, 0.15) is 0 Å². The molecule has 12 aromatic carbocycles. The SMILES string of the molecule is CC(C)c1cc(C(C)C)c(B2c3ccccc3N(c3ccccc3)c3cc4c(cc32)B2c3ccccc3N3c5ccccc5B5c6cc(-c7ccccc7)ccc6N6c7ccc(-c8ccccc8)cc7B7c8ccccc8N4c4c2c3c5c6c47)c(C(C)C)c1. The third kappa shape index (κ3) is 6.90. The fourth-order valence-electron chi connectivity index (χ4n) is 17.5. The van der Waals surface area contributed by atoms with Gasteiger partial charge in [0.2, 0.25) is 6.71 Å². The highest BCUT2D eigenvalue weighted by molar-refractivity contribution is 7.09. The number of rotatable bonds is 7. The lowest BCUT2D eigenvalue weighted by Gasteiger charge is -2.56. The first-order chi connectivity index (χ1) is 43.7. The van der Waals surface area contributed by atoms with Crippen LogP contribution in [-0.4, -0.2) is 26.9 Å². The van der Waals surface area contributed by atoms with Crippen LogP contribution >= 0.6 is 0 Å². The summed E-state index contributed by atoms with van der Waals surface area (Å²) in [7, 11) is 0.